The van der Waals surface area contributed by atoms with Gasteiger partial charge in [0.25, 0.3) is 0 Å². The van der Waals surface area contributed by atoms with Crippen LogP contribution in [0.4, 0.5) is 5.69 Å². The van der Waals surface area contributed by atoms with Crippen LogP contribution in [0.25, 0.3) is 6.08 Å². The molecule has 0 saturated heterocycles. The van der Waals surface area contributed by atoms with Gasteiger partial charge in [-0.15, -0.1) is 0 Å². The summed E-state index contributed by atoms with van der Waals surface area (Å²) in [7, 11) is -0.563. The molecule has 0 fully saturated rings. The summed E-state index contributed by atoms with van der Waals surface area (Å²) in [6, 6.07) is 19.2. The van der Waals surface area contributed by atoms with Crippen molar-refractivity contribution in [1.29, 1.82) is 0 Å². The molecule has 0 radical (unpaired) electrons. The van der Waals surface area contributed by atoms with Crippen LogP contribution in [0.2, 0.25) is 0 Å². The Balaban J connectivity index is 1.70. The lowest BCUT2D eigenvalue weighted by atomic mass is 9.89. The van der Waals surface area contributed by atoms with Crippen LogP contribution in [-0.2, 0) is 10.0 Å². The average Bonchev–Trinajstić information content (AvgIpc) is 2.81. The minimum atomic E-state index is -3.75. The number of methoxy groups -OCH3 is 2. The van der Waals surface area contributed by atoms with Gasteiger partial charge in [0.1, 0.15) is 11.5 Å². The Bertz CT molecular complexity index is 1240. The predicted octanol–water partition coefficient (Wildman–Crippen LogP) is 4.54. The van der Waals surface area contributed by atoms with Crippen LogP contribution >= 0.6 is 0 Å². The molecule has 166 valence electrons. The number of rotatable bonds is 7. The first-order chi connectivity index (χ1) is 15.4. The van der Waals surface area contributed by atoms with Crippen molar-refractivity contribution in [2.45, 2.75) is 23.9 Å². The molecule has 0 saturated carbocycles. The summed E-state index contributed by atoms with van der Waals surface area (Å²) in [4.78, 5) is 0.232. The van der Waals surface area contributed by atoms with Crippen molar-refractivity contribution in [3.05, 3.63) is 89.5 Å². The van der Waals surface area contributed by atoms with Gasteiger partial charge in [-0.2, -0.15) is 0 Å². The number of hydrogen-bond donors (Lipinski definition) is 2. The summed E-state index contributed by atoms with van der Waals surface area (Å²) in [5.74, 6) is 1.28. The minimum Gasteiger partial charge on any atom is -0.497 e. The predicted molar refractivity (Wildman–Crippen MR) is 127 cm³/mol. The Labute approximate surface area is 188 Å². The first kappa shape index (κ1) is 21.9. The summed E-state index contributed by atoms with van der Waals surface area (Å²) in [6.45, 7) is 1.92. The maximum absolute atomic E-state index is 13.2. The standard InChI is InChI=1S/C25H26N2O4S/c1-17-8-12-20(13-9-17)32(28,29)27-25-21-7-5-4-6-18(21)10-14-23(25)26-22-15-11-19(30-2)16-24(22)31-3/h4-16,23,25-27H,1-3H3/t23-,25-/m1/s1. The molecule has 1 aliphatic carbocycles. The van der Waals surface area contributed by atoms with Gasteiger partial charge in [-0.05, 0) is 42.3 Å². The average molecular weight is 451 g/mol. The Hall–Kier alpha value is -3.29. The highest BCUT2D eigenvalue weighted by Crippen LogP contribution is 2.35. The largest absolute Gasteiger partial charge is 0.497 e. The van der Waals surface area contributed by atoms with Crippen LogP contribution in [0.3, 0.4) is 0 Å². The quantitative estimate of drug-likeness (QED) is 0.553. The summed E-state index contributed by atoms with van der Waals surface area (Å²) < 4.78 is 40.1. The smallest absolute Gasteiger partial charge is 0.241 e. The van der Waals surface area contributed by atoms with Crippen molar-refractivity contribution < 1.29 is 17.9 Å². The zero-order valence-corrected chi connectivity index (χ0v) is 19.0. The summed E-state index contributed by atoms with van der Waals surface area (Å²) >= 11 is 0. The molecule has 2 N–H and O–H groups in total. The highest BCUT2D eigenvalue weighted by atomic mass is 32.2. The SMILES string of the molecule is COc1ccc(N[C@@H]2C=Cc3ccccc3[C@H]2NS(=O)(=O)c2ccc(C)cc2)c(OC)c1. The Morgan fingerprint density at radius 2 is 1.66 bits per heavy atom. The molecular weight excluding hydrogens is 424 g/mol. The van der Waals surface area contributed by atoms with E-state index in [1.54, 1.807) is 44.6 Å². The van der Waals surface area contributed by atoms with E-state index in [1.807, 2.05) is 55.5 Å². The zero-order chi connectivity index (χ0) is 22.7. The molecule has 0 unspecified atom stereocenters. The van der Waals surface area contributed by atoms with E-state index in [4.69, 9.17) is 9.47 Å². The van der Waals surface area contributed by atoms with Crippen molar-refractivity contribution in [2.24, 2.45) is 0 Å². The second-order valence-electron chi connectivity index (χ2n) is 7.64. The number of sulfonamides is 1. The minimum absolute atomic E-state index is 0.232. The van der Waals surface area contributed by atoms with Gasteiger partial charge >= 0.3 is 0 Å². The lowest BCUT2D eigenvalue weighted by Crippen LogP contribution is -2.40. The lowest BCUT2D eigenvalue weighted by molar-refractivity contribution is 0.395. The molecule has 3 aromatic carbocycles. The maximum atomic E-state index is 13.2. The molecule has 0 aliphatic heterocycles. The van der Waals surface area contributed by atoms with E-state index >= 15 is 0 Å². The monoisotopic (exact) mass is 450 g/mol. The van der Waals surface area contributed by atoms with Crippen molar-refractivity contribution in [3.63, 3.8) is 0 Å². The molecule has 0 bridgehead atoms. The van der Waals surface area contributed by atoms with E-state index in [9.17, 15) is 8.42 Å². The maximum Gasteiger partial charge on any atom is 0.241 e. The lowest BCUT2D eigenvalue weighted by Gasteiger charge is -2.32. The topological polar surface area (TPSA) is 76.7 Å². The van der Waals surface area contributed by atoms with Gasteiger partial charge in [0.15, 0.2) is 0 Å². The third-order valence-corrected chi connectivity index (χ3v) is 6.97. The Kier molecular flexibility index (Phi) is 6.21. The zero-order valence-electron chi connectivity index (χ0n) is 18.2. The number of hydrogen-bond acceptors (Lipinski definition) is 5. The molecule has 1 aliphatic rings. The van der Waals surface area contributed by atoms with Gasteiger partial charge in [-0.3, -0.25) is 0 Å². The second-order valence-corrected chi connectivity index (χ2v) is 9.35. The van der Waals surface area contributed by atoms with Crippen LogP contribution in [0, 0.1) is 6.92 Å². The number of ether oxygens (including phenoxy) is 2. The molecule has 6 nitrogen and oxygen atoms in total. The fourth-order valence-corrected chi connectivity index (χ4v) is 5.01. The molecule has 0 amide bonds. The second kappa shape index (κ2) is 9.06. The number of fused-ring (bicyclic) bond motifs is 1. The van der Waals surface area contributed by atoms with E-state index in [2.05, 4.69) is 10.0 Å². The Morgan fingerprint density at radius 1 is 0.906 bits per heavy atom. The third kappa shape index (κ3) is 4.49. The van der Waals surface area contributed by atoms with Gasteiger partial charge < -0.3 is 14.8 Å². The molecule has 32 heavy (non-hydrogen) atoms. The van der Waals surface area contributed by atoms with Crippen LogP contribution < -0.4 is 19.5 Å². The van der Waals surface area contributed by atoms with E-state index in [0.29, 0.717) is 11.5 Å². The van der Waals surface area contributed by atoms with E-state index in [1.165, 1.54) is 0 Å². The van der Waals surface area contributed by atoms with Gasteiger partial charge in [0.2, 0.25) is 10.0 Å². The summed E-state index contributed by atoms with van der Waals surface area (Å²) in [5.41, 5.74) is 3.61. The molecule has 0 aromatic heterocycles. The van der Waals surface area contributed by atoms with Crippen LogP contribution in [0.15, 0.2) is 77.7 Å². The van der Waals surface area contributed by atoms with E-state index in [0.717, 1.165) is 22.4 Å². The van der Waals surface area contributed by atoms with Crippen molar-refractivity contribution in [2.75, 3.05) is 19.5 Å². The van der Waals surface area contributed by atoms with Gasteiger partial charge in [-0.25, -0.2) is 13.1 Å². The van der Waals surface area contributed by atoms with Crippen molar-refractivity contribution >= 4 is 21.8 Å². The number of aryl methyl sites for hydroxylation is 1. The number of anilines is 1. The first-order valence-corrected chi connectivity index (χ1v) is 11.7. The number of benzene rings is 3. The molecule has 3 aromatic rings. The summed E-state index contributed by atoms with van der Waals surface area (Å²) in [6.07, 6.45) is 3.97. The highest BCUT2D eigenvalue weighted by molar-refractivity contribution is 7.89. The fourth-order valence-electron chi connectivity index (χ4n) is 3.78. The van der Waals surface area contributed by atoms with E-state index in [-0.39, 0.29) is 10.9 Å². The van der Waals surface area contributed by atoms with Crippen LogP contribution in [0.5, 0.6) is 11.5 Å². The molecular formula is C25H26N2O4S. The van der Waals surface area contributed by atoms with Gasteiger partial charge in [-0.1, -0.05) is 54.1 Å². The normalized spacial score (nSPS) is 17.5. The van der Waals surface area contributed by atoms with Gasteiger partial charge in [0, 0.05) is 6.07 Å². The first-order valence-electron chi connectivity index (χ1n) is 10.3. The molecule has 2 atom stereocenters. The molecule has 0 heterocycles. The van der Waals surface area contributed by atoms with Crippen LogP contribution in [0.1, 0.15) is 22.7 Å². The fraction of sp³-hybridized carbons (Fsp3) is 0.200. The highest BCUT2D eigenvalue weighted by Gasteiger charge is 2.31. The van der Waals surface area contributed by atoms with Crippen LogP contribution in [-0.4, -0.2) is 28.7 Å². The number of nitrogens with one attached hydrogen (secondary N) is 2. The van der Waals surface area contributed by atoms with Crippen molar-refractivity contribution in [1.82, 2.24) is 4.72 Å². The Morgan fingerprint density at radius 3 is 2.38 bits per heavy atom. The van der Waals surface area contributed by atoms with E-state index < -0.39 is 16.1 Å². The van der Waals surface area contributed by atoms with Crippen molar-refractivity contribution in [3.8, 4) is 11.5 Å². The third-order valence-electron chi connectivity index (χ3n) is 5.52. The molecule has 7 heteroatoms. The van der Waals surface area contributed by atoms with Gasteiger partial charge in [0.05, 0.1) is 36.9 Å². The molecule has 4 rings (SSSR count). The molecule has 0 spiro atoms. The summed E-state index contributed by atoms with van der Waals surface area (Å²) in [5, 5.41) is 3.43.